The summed E-state index contributed by atoms with van der Waals surface area (Å²) in [6.45, 7) is 7.79. The minimum absolute atomic E-state index is 0.868. The van der Waals surface area contributed by atoms with Crippen LogP contribution in [0.4, 0.5) is 11.6 Å². The zero-order valence-corrected chi connectivity index (χ0v) is 10.9. The van der Waals surface area contributed by atoms with E-state index in [-0.39, 0.29) is 0 Å². The highest BCUT2D eigenvalue weighted by Gasteiger charge is 2.16. The monoisotopic (exact) mass is 233 g/mol. The number of hydrogen-bond donors (Lipinski definition) is 1. The second-order valence-corrected chi connectivity index (χ2v) is 4.98. The average Bonchev–Trinajstić information content (AvgIpc) is 2.37. The SMILES string of the molecule is CCCNc1cccc(N2CCC(C)CC2)n1. The van der Waals surface area contributed by atoms with Crippen LogP contribution in [0.25, 0.3) is 0 Å². The zero-order chi connectivity index (χ0) is 12.1. The number of aromatic nitrogens is 1. The average molecular weight is 233 g/mol. The van der Waals surface area contributed by atoms with Gasteiger partial charge in [0, 0.05) is 19.6 Å². The maximum atomic E-state index is 4.67. The maximum Gasteiger partial charge on any atom is 0.130 e. The van der Waals surface area contributed by atoms with E-state index in [1.807, 2.05) is 6.07 Å². The molecule has 2 heterocycles. The van der Waals surface area contributed by atoms with E-state index in [4.69, 9.17) is 0 Å². The lowest BCUT2D eigenvalue weighted by atomic mass is 9.99. The molecule has 3 nitrogen and oxygen atoms in total. The predicted molar refractivity (Wildman–Crippen MR) is 73.6 cm³/mol. The quantitative estimate of drug-likeness (QED) is 0.866. The van der Waals surface area contributed by atoms with Crippen LogP contribution in [0, 0.1) is 5.92 Å². The fourth-order valence-corrected chi connectivity index (χ4v) is 2.19. The summed E-state index contributed by atoms with van der Waals surface area (Å²) in [6.07, 6.45) is 3.70. The van der Waals surface area contributed by atoms with Gasteiger partial charge in [0.25, 0.3) is 0 Å². The van der Waals surface area contributed by atoms with Gasteiger partial charge in [-0.3, -0.25) is 0 Å². The van der Waals surface area contributed by atoms with Crippen molar-refractivity contribution in [2.45, 2.75) is 33.1 Å². The Morgan fingerprint density at radius 3 is 2.82 bits per heavy atom. The van der Waals surface area contributed by atoms with E-state index in [0.29, 0.717) is 0 Å². The van der Waals surface area contributed by atoms with Gasteiger partial charge < -0.3 is 10.2 Å². The number of rotatable bonds is 4. The third-order valence-corrected chi connectivity index (χ3v) is 3.40. The van der Waals surface area contributed by atoms with Crippen molar-refractivity contribution in [2.24, 2.45) is 5.92 Å². The van der Waals surface area contributed by atoms with Crippen LogP contribution in [0.2, 0.25) is 0 Å². The Morgan fingerprint density at radius 1 is 1.35 bits per heavy atom. The predicted octanol–water partition coefficient (Wildman–Crippen LogP) is 3.14. The highest BCUT2D eigenvalue weighted by atomic mass is 15.2. The number of nitrogens with one attached hydrogen (secondary N) is 1. The largest absolute Gasteiger partial charge is 0.370 e. The third kappa shape index (κ3) is 3.35. The molecule has 0 spiro atoms. The van der Waals surface area contributed by atoms with E-state index in [2.05, 4.69) is 41.2 Å². The van der Waals surface area contributed by atoms with Crippen molar-refractivity contribution in [1.29, 1.82) is 0 Å². The molecule has 17 heavy (non-hydrogen) atoms. The van der Waals surface area contributed by atoms with Crippen molar-refractivity contribution in [3.05, 3.63) is 18.2 Å². The summed E-state index contributed by atoms with van der Waals surface area (Å²) in [4.78, 5) is 7.07. The van der Waals surface area contributed by atoms with Crippen molar-refractivity contribution in [2.75, 3.05) is 29.9 Å². The molecule has 0 amide bonds. The van der Waals surface area contributed by atoms with Gasteiger partial charge in [0.1, 0.15) is 11.6 Å². The summed E-state index contributed by atoms with van der Waals surface area (Å²) in [5, 5.41) is 3.34. The molecule has 0 radical (unpaired) electrons. The first-order valence-corrected chi connectivity index (χ1v) is 6.75. The second kappa shape index (κ2) is 5.89. The molecule has 0 bridgehead atoms. The molecule has 3 heteroatoms. The number of nitrogens with zero attached hydrogens (tertiary/aromatic N) is 2. The molecule has 1 aliphatic rings. The highest BCUT2D eigenvalue weighted by Crippen LogP contribution is 2.22. The third-order valence-electron chi connectivity index (χ3n) is 3.40. The Bertz CT molecular complexity index is 343. The van der Waals surface area contributed by atoms with Crippen molar-refractivity contribution in [3.63, 3.8) is 0 Å². The van der Waals surface area contributed by atoms with E-state index in [1.54, 1.807) is 0 Å². The van der Waals surface area contributed by atoms with Crippen LogP contribution in [0.3, 0.4) is 0 Å². The first kappa shape index (κ1) is 12.2. The Kier molecular flexibility index (Phi) is 4.24. The standard InChI is InChI=1S/C14H23N3/c1-3-9-15-13-5-4-6-14(16-13)17-10-7-12(2)8-11-17/h4-6,12H,3,7-11H2,1-2H3,(H,15,16). The summed E-state index contributed by atoms with van der Waals surface area (Å²) in [5.41, 5.74) is 0. The molecule has 1 aromatic heterocycles. The van der Waals surface area contributed by atoms with Gasteiger partial charge in [-0.25, -0.2) is 4.98 Å². The van der Waals surface area contributed by atoms with Gasteiger partial charge in [0.05, 0.1) is 0 Å². The summed E-state index contributed by atoms with van der Waals surface area (Å²) in [7, 11) is 0. The minimum Gasteiger partial charge on any atom is -0.370 e. The molecule has 0 aromatic carbocycles. The number of hydrogen-bond acceptors (Lipinski definition) is 3. The lowest BCUT2D eigenvalue weighted by Gasteiger charge is -2.31. The lowest BCUT2D eigenvalue weighted by molar-refractivity contribution is 0.436. The van der Waals surface area contributed by atoms with E-state index < -0.39 is 0 Å². The second-order valence-electron chi connectivity index (χ2n) is 4.98. The van der Waals surface area contributed by atoms with Crippen LogP contribution in [-0.4, -0.2) is 24.6 Å². The fourth-order valence-electron chi connectivity index (χ4n) is 2.19. The number of pyridine rings is 1. The topological polar surface area (TPSA) is 28.2 Å². The summed E-state index contributed by atoms with van der Waals surface area (Å²) >= 11 is 0. The zero-order valence-electron chi connectivity index (χ0n) is 10.9. The van der Waals surface area contributed by atoms with Gasteiger partial charge in [-0.1, -0.05) is 19.9 Å². The molecule has 0 atom stereocenters. The Hall–Kier alpha value is -1.25. The minimum atomic E-state index is 0.868. The highest BCUT2D eigenvalue weighted by molar-refractivity contribution is 5.47. The van der Waals surface area contributed by atoms with Gasteiger partial charge in [0.2, 0.25) is 0 Å². The molecule has 0 saturated carbocycles. The Balaban J connectivity index is 2.00. The van der Waals surface area contributed by atoms with Gasteiger partial charge >= 0.3 is 0 Å². The van der Waals surface area contributed by atoms with Gasteiger partial charge in [-0.15, -0.1) is 0 Å². The molecule has 0 unspecified atom stereocenters. The molecule has 1 N–H and O–H groups in total. The molecule has 1 saturated heterocycles. The number of piperidine rings is 1. The fraction of sp³-hybridized carbons (Fsp3) is 0.643. The normalized spacial score (nSPS) is 17.2. The molecule has 2 rings (SSSR count). The van der Waals surface area contributed by atoms with E-state index >= 15 is 0 Å². The molecular formula is C14H23N3. The van der Waals surface area contributed by atoms with Crippen molar-refractivity contribution < 1.29 is 0 Å². The molecule has 94 valence electrons. The van der Waals surface area contributed by atoms with Crippen molar-refractivity contribution >= 4 is 11.6 Å². The van der Waals surface area contributed by atoms with Gasteiger partial charge in [0.15, 0.2) is 0 Å². The first-order valence-electron chi connectivity index (χ1n) is 6.75. The molecule has 1 fully saturated rings. The van der Waals surface area contributed by atoms with Gasteiger partial charge in [-0.2, -0.15) is 0 Å². The molecule has 1 aromatic rings. The van der Waals surface area contributed by atoms with Crippen molar-refractivity contribution in [1.82, 2.24) is 4.98 Å². The van der Waals surface area contributed by atoms with Crippen LogP contribution in [-0.2, 0) is 0 Å². The molecular weight excluding hydrogens is 210 g/mol. The maximum absolute atomic E-state index is 4.67. The van der Waals surface area contributed by atoms with Crippen LogP contribution in [0.5, 0.6) is 0 Å². The van der Waals surface area contributed by atoms with Crippen LogP contribution in [0.15, 0.2) is 18.2 Å². The Morgan fingerprint density at radius 2 is 2.12 bits per heavy atom. The van der Waals surface area contributed by atoms with Crippen LogP contribution in [0.1, 0.15) is 33.1 Å². The smallest absolute Gasteiger partial charge is 0.130 e. The van der Waals surface area contributed by atoms with Gasteiger partial charge in [-0.05, 0) is 37.3 Å². The van der Waals surface area contributed by atoms with Crippen LogP contribution < -0.4 is 10.2 Å². The van der Waals surface area contributed by atoms with E-state index in [1.165, 1.54) is 12.8 Å². The van der Waals surface area contributed by atoms with Crippen LogP contribution >= 0.6 is 0 Å². The summed E-state index contributed by atoms with van der Waals surface area (Å²) < 4.78 is 0. The number of anilines is 2. The summed E-state index contributed by atoms with van der Waals surface area (Å²) in [6, 6.07) is 6.26. The van der Waals surface area contributed by atoms with E-state index in [0.717, 1.165) is 43.6 Å². The summed E-state index contributed by atoms with van der Waals surface area (Å²) in [5.74, 6) is 2.99. The first-order chi connectivity index (χ1) is 8.29. The lowest BCUT2D eigenvalue weighted by Crippen LogP contribution is -2.33. The molecule has 0 aliphatic carbocycles. The van der Waals surface area contributed by atoms with Crippen molar-refractivity contribution in [3.8, 4) is 0 Å². The van der Waals surface area contributed by atoms with E-state index in [9.17, 15) is 0 Å². The molecule has 1 aliphatic heterocycles. The Labute approximate surface area is 104 Å².